The van der Waals surface area contributed by atoms with Crippen LogP contribution in [0.5, 0.6) is 11.5 Å². The predicted octanol–water partition coefficient (Wildman–Crippen LogP) is 3.58. The maximum Gasteiger partial charge on any atom is 0.123 e. The van der Waals surface area contributed by atoms with Crippen LogP contribution in [-0.2, 0) is 5.75 Å². The molecule has 0 aliphatic rings. The topological polar surface area (TPSA) is 44.5 Å². The van der Waals surface area contributed by atoms with Gasteiger partial charge in [-0.1, -0.05) is 0 Å². The minimum Gasteiger partial charge on any atom is -0.497 e. The number of anilines is 1. The van der Waals surface area contributed by atoms with Gasteiger partial charge in [0.2, 0.25) is 0 Å². The summed E-state index contributed by atoms with van der Waals surface area (Å²) in [6.45, 7) is 0. The van der Waals surface area contributed by atoms with E-state index in [2.05, 4.69) is 0 Å². The van der Waals surface area contributed by atoms with Crippen LogP contribution < -0.4 is 15.2 Å². The molecule has 0 fully saturated rings. The average Bonchev–Trinajstić information content (AvgIpc) is 2.46. The first-order chi connectivity index (χ1) is 9.22. The largest absolute Gasteiger partial charge is 0.497 e. The Bertz CT molecular complexity index is 540. The maximum atomic E-state index is 5.67. The minimum atomic E-state index is 0.781. The highest BCUT2D eigenvalue weighted by Gasteiger charge is 2.05. The van der Waals surface area contributed by atoms with Crippen molar-refractivity contribution in [3.63, 3.8) is 0 Å². The van der Waals surface area contributed by atoms with E-state index in [1.807, 2.05) is 42.5 Å². The van der Waals surface area contributed by atoms with E-state index in [9.17, 15) is 0 Å². The fourth-order valence-electron chi connectivity index (χ4n) is 1.72. The fourth-order valence-corrected chi connectivity index (χ4v) is 2.60. The summed E-state index contributed by atoms with van der Waals surface area (Å²) in [6.07, 6.45) is 0. The molecule has 0 saturated carbocycles. The van der Waals surface area contributed by atoms with Gasteiger partial charge in [-0.3, -0.25) is 0 Å². The van der Waals surface area contributed by atoms with Gasteiger partial charge in [-0.25, -0.2) is 0 Å². The highest BCUT2D eigenvalue weighted by molar-refractivity contribution is 7.98. The Morgan fingerprint density at radius 2 is 1.74 bits per heavy atom. The first kappa shape index (κ1) is 13.6. The molecule has 0 amide bonds. The van der Waals surface area contributed by atoms with Crippen LogP contribution in [0.2, 0.25) is 0 Å². The van der Waals surface area contributed by atoms with E-state index in [-0.39, 0.29) is 0 Å². The third kappa shape index (κ3) is 3.58. The van der Waals surface area contributed by atoms with Crippen LogP contribution in [0.15, 0.2) is 47.4 Å². The second-order valence-electron chi connectivity index (χ2n) is 4.04. The van der Waals surface area contributed by atoms with Gasteiger partial charge < -0.3 is 15.2 Å². The number of benzene rings is 2. The van der Waals surface area contributed by atoms with Gasteiger partial charge in [0.15, 0.2) is 0 Å². The number of nitrogen functional groups attached to an aromatic ring is 1. The summed E-state index contributed by atoms with van der Waals surface area (Å²) in [5.74, 6) is 2.54. The van der Waals surface area contributed by atoms with E-state index >= 15 is 0 Å². The van der Waals surface area contributed by atoms with E-state index in [4.69, 9.17) is 15.2 Å². The molecule has 0 aromatic heterocycles. The smallest absolute Gasteiger partial charge is 0.123 e. The van der Waals surface area contributed by atoms with Crippen molar-refractivity contribution >= 4 is 17.4 Å². The molecule has 2 aromatic carbocycles. The first-order valence-electron chi connectivity index (χ1n) is 5.92. The second kappa shape index (κ2) is 6.38. The van der Waals surface area contributed by atoms with Gasteiger partial charge >= 0.3 is 0 Å². The van der Waals surface area contributed by atoms with Crippen molar-refractivity contribution in [1.29, 1.82) is 0 Å². The van der Waals surface area contributed by atoms with Gasteiger partial charge in [0.1, 0.15) is 11.5 Å². The van der Waals surface area contributed by atoms with Crippen molar-refractivity contribution in [2.24, 2.45) is 0 Å². The average molecular weight is 275 g/mol. The third-order valence-electron chi connectivity index (χ3n) is 2.76. The number of thioether (sulfide) groups is 1. The van der Waals surface area contributed by atoms with Gasteiger partial charge in [-0.2, -0.15) is 0 Å². The van der Waals surface area contributed by atoms with Crippen molar-refractivity contribution in [3.05, 3.63) is 48.0 Å². The molecule has 2 N–H and O–H groups in total. The lowest BCUT2D eigenvalue weighted by Gasteiger charge is -2.10. The van der Waals surface area contributed by atoms with Crippen molar-refractivity contribution in [2.45, 2.75) is 10.6 Å². The molecule has 0 atom stereocenters. The molecule has 100 valence electrons. The molecule has 0 saturated heterocycles. The Kier molecular flexibility index (Phi) is 4.58. The molecule has 2 aromatic rings. The van der Waals surface area contributed by atoms with Crippen LogP contribution >= 0.6 is 11.8 Å². The number of hydrogen-bond donors (Lipinski definition) is 1. The number of rotatable bonds is 5. The lowest BCUT2D eigenvalue weighted by molar-refractivity contribution is 0.400. The molecule has 0 aliphatic heterocycles. The molecule has 2 rings (SSSR count). The van der Waals surface area contributed by atoms with E-state index in [0.29, 0.717) is 0 Å². The third-order valence-corrected chi connectivity index (χ3v) is 3.82. The van der Waals surface area contributed by atoms with E-state index in [1.54, 1.807) is 26.0 Å². The lowest BCUT2D eigenvalue weighted by atomic mass is 10.2. The summed E-state index contributed by atoms with van der Waals surface area (Å²) in [4.78, 5) is 1.18. The molecule has 0 heterocycles. The van der Waals surface area contributed by atoms with Crippen LogP contribution in [0.1, 0.15) is 5.56 Å². The molecule has 4 heteroatoms. The van der Waals surface area contributed by atoms with E-state index in [1.165, 1.54) is 4.90 Å². The van der Waals surface area contributed by atoms with Crippen LogP contribution in [0.3, 0.4) is 0 Å². The van der Waals surface area contributed by atoms with E-state index in [0.717, 1.165) is 28.5 Å². The highest BCUT2D eigenvalue weighted by Crippen LogP contribution is 2.30. The fraction of sp³-hybridized carbons (Fsp3) is 0.200. The minimum absolute atomic E-state index is 0.781. The number of hydrogen-bond acceptors (Lipinski definition) is 4. The van der Waals surface area contributed by atoms with Gasteiger partial charge in [0, 0.05) is 21.9 Å². The molecule has 19 heavy (non-hydrogen) atoms. The molecule has 3 nitrogen and oxygen atoms in total. The second-order valence-corrected chi connectivity index (χ2v) is 5.08. The van der Waals surface area contributed by atoms with Crippen molar-refractivity contribution < 1.29 is 9.47 Å². The molecule has 0 unspecified atom stereocenters. The number of ether oxygens (including phenoxy) is 2. The number of nitrogens with two attached hydrogens (primary N) is 1. The molecule has 0 aliphatic carbocycles. The summed E-state index contributed by atoms with van der Waals surface area (Å²) in [5, 5.41) is 0. The number of methoxy groups -OCH3 is 2. The Morgan fingerprint density at radius 1 is 1.00 bits per heavy atom. The van der Waals surface area contributed by atoms with Crippen LogP contribution in [0.4, 0.5) is 5.69 Å². The first-order valence-corrected chi connectivity index (χ1v) is 6.90. The zero-order chi connectivity index (χ0) is 13.7. The summed E-state index contributed by atoms with van der Waals surface area (Å²) >= 11 is 1.74. The normalized spacial score (nSPS) is 10.2. The SMILES string of the molecule is COc1ccc(OC)c(CSc2ccc(N)cc2)c1. The monoisotopic (exact) mass is 275 g/mol. The standard InChI is InChI=1S/C15H17NO2S/c1-17-13-5-8-15(18-2)11(9-13)10-19-14-6-3-12(16)4-7-14/h3-9H,10,16H2,1-2H3. The van der Waals surface area contributed by atoms with Gasteiger partial charge in [-0.15, -0.1) is 11.8 Å². The summed E-state index contributed by atoms with van der Waals surface area (Å²) < 4.78 is 10.6. The molecular weight excluding hydrogens is 258 g/mol. The zero-order valence-corrected chi connectivity index (χ0v) is 11.9. The summed E-state index contributed by atoms with van der Waals surface area (Å²) in [7, 11) is 3.35. The molecular formula is C15H17NO2S. The van der Waals surface area contributed by atoms with Crippen molar-refractivity contribution in [2.75, 3.05) is 20.0 Å². The molecule has 0 bridgehead atoms. The quantitative estimate of drug-likeness (QED) is 0.669. The van der Waals surface area contributed by atoms with Gasteiger partial charge in [0.05, 0.1) is 14.2 Å². The van der Waals surface area contributed by atoms with Crippen molar-refractivity contribution in [3.8, 4) is 11.5 Å². The Hall–Kier alpha value is -1.81. The van der Waals surface area contributed by atoms with E-state index < -0.39 is 0 Å². The van der Waals surface area contributed by atoms with Gasteiger partial charge in [-0.05, 0) is 42.5 Å². The predicted molar refractivity (Wildman–Crippen MR) is 80.0 cm³/mol. The summed E-state index contributed by atoms with van der Waals surface area (Å²) in [5.41, 5.74) is 7.57. The maximum absolute atomic E-state index is 5.67. The zero-order valence-electron chi connectivity index (χ0n) is 11.1. The molecule has 0 radical (unpaired) electrons. The van der Waals surface area contributed by atoms with Crippen LogP contribution in [0, 0.1) is 0 Å². The van der Waals surface area contributed by atoms with Crippen LogP contribution in [-0.4, -0.2) is 14.2 Å². The molecule has 0 spiro atoms. The summed E-state index contributed by atoms with van der Waals surface area (Å²) in [6, 6.07) is 13.7. The lowest BCUT2D eigenvalue weighted by Crippen LogP contribution is -1.92. The Morgan fingerprint density at radius 3 is 2.37 bits per heavy atom. The van der Waals surface area contributed by atoms with Gasteiger partial charge in [0.25, 0.3) is 0 Å². The highest BCUT2D eigenvalue weighted by atomic mass is 32.2. The Labute approximate surface area is 117 Å². The Balaban J connectivity index is 2.11. The van der Waals surface area contributed by atoms with Crippen molar-refractivity contribution in [1.82, 2.24) is 0 Å². The van der Waals surface area contributed by atoms with Crippen LogP contribution in [0.25, 0.3) is 0 Å².